The Bertz CT molecular complexity index is 1050. The summed E-state index contributed by atoms with van der Waals surface area (Å²) in [5.41, 5.74) is 4.78. The Balaban J connectivity index is 1.59. The van der Waals surface area contributed by atoms with Crippen molar-refractivity contribution in [1.82, 2.24) is 19.5 Å². The fourth-order valence-electron chi connectivity index (χ4n) is 2.60. The van der Waals surface area contributed by atoms with Crippen LogP contribution < -0.4 is 5.43 Å². The molecule has 0 atom stereocenters. The van der Waals surface area contributed by atoms with E-state index < -0.39 is 0 Å². The first-order chi connectivity index (χ1) is 11.7. The molecule has 0 aliphatic carbocycles. The van der Waals surface area contributed by atoms with Gasteiger partial charge in [0.25, 0.3) is 0 Å². The van der Waals surface area contributed by atoms with E-state index in [9.17, 15) is 4.79 Å². The number of pyridine rings is 1. The quantitative estimate of drug-likeness (QED) is 0.559. The van der Waals surface area contributed by atoms with Gasteiger partial charge in [0.1, 0.15) is 0 Å². The largest absolute Gasteiger partial charge is 0.364 e. The predicted molar refractivity (Wildman–Crippen MR) is 96.8 cm³/mol. The summed E-state index contributed by atoms with van der Waals surface area (Å²) in [7, 11) is 0. The molecule has 0 bridgehead atoms. The Hall–Kier alpha value is -2.73. The summed E-state index contributed by atoms with van der Waals surface area (Å²) < 4.78 is 2.06. The molecular formula is C18H16N4OS. The van der Waals surface area contributed by atoms with Gasteiger partial charge in [0, 0.05) is 47.4 Å². The van der Waals surface area contributed by atoms with E-state index in [1.165, 1.54) is 0 Å². The van der Waals surface area contributed by atoms with Gasteiger partial charge in [-0.25, -0.2) is 4.98 Å². The van der Waals surface area contributed by atoms with Gasteiger partial charge in [-0.1, -0.05) is 11.8 Å². The van der Waals surface area contributed by atoms with Gasteiger partial charge < -0.3 is 14.5 Å². The molecule has 1 aromatic carbocycles. The molecule has 0 aliphatic heterocycles. The zero-order valence-corrected chi connectivity index (χ0v) is 13.9. The Kier molecular flexibility index (Phi) is 3.74. The van der Waals surface area contributed by atoms with Gasteiger partial charge in [-0.2, -0.15) is 0 Å². The minimum Gasteiger partial charge on any atom is -0.364 e. The molecule has 0 saturated heterocycles. The molecule has 5 nitrogen and oxygen atoms in total. The van der Waals surface area contributed by atoms with Crippen molar-refractivity contribution in [3.8, 4) is 5.69 Å². The SMILES string of the molecule is Cc1c(CSc2nc3ccc(-n4cccc4)cc3[nH]2)[nH]ccc1=O. The molecule has 0 aliphatic rings. The third-order valence-corrected chi connectivity index (χ3v) is 4.91. The number of imidazole rings is 1. The highest BCUT2D eigenvalue weighted by atomic mass is 32.2. The molecule has 120 valence electrons. The number of fused-ring (bicyclic) bond motifs is 1. The molecule has 24 heavy (non-hydrogen) atoms. The maximum atomic E-state index is 11.7. The number of rotatable bonds is 4. The van der Waals surface area contributed by atoms with Gasteiger partial charge in [-0.3, -0.25) is 4.79 Å². The number of H-pyrrole nitrogens is 2. The summed E-state index contributed by atoms with van der Waals surface area (Å²) in [6, 6.07) is 11.7. The highest BCUT2D eigenvalue weighted by Crippen LogP contribution is 2.24. The fourth-order valence-corrected chi connectivity index (χ4v) is 3.53. The van der Waals surface area contributed by atoms with Crippen LogP contribution in [0.4, 0.5) is 0 Å². The molecule has 0 amide bonds. The number of hydrogen-bond acceptors (Lipinski definition) is 3. The summed E-state index contributed by atoms with van der Waals surface area (Å²) in [5.74, 6) is 0.673. The summed E-state index contributed by atoms with van der Waals surface area (Å²) in [6.07, 6.45) is 5.72. The average Bonchev–Trinajstić information content (AvgIpc) is 3.24. The van der Waals surface area contributed by atoms with Crippen LogP contribution >= 0.6 is 11.8 Å². The van der Waals surface area contributed by atoms with E-state index in [2.05, 4.69) is 31.7 Å². The molecular weight excluding hydrogens is 320 g/mol. The van der Waals surface area contributed by atoms with Gasteiger partial charge in [0.2, 0.25) is 0 Å². The first-order valence-electron chi connectivity index (χ1n) is 7.64. The molecule has 6 heteroatoms. The number of thioether (sulfide) groups is 1. The Morgan fingerprint density at radius 3 is 2.88 bits per heavy atom. The van der Waals surface area contributed by atoms with E-state index in [-0.39, 0.29) is 5.43 Å². The second-order valence-electron chi connectivity index (χ2n) is 5.57. The topological polar surface area (TPSA) is 66.5 Å². The zero-order valence-electron chi connectivity index (χ0n) is 13.1. The van der Waals surface area contributed by atoms with Crippen LogP contribution in [0.3, 0.4) is 0 Å². The van der Waals surface area contributed by atoms with E-state index in [4.69, 9.17) is 0 Å². The van der Waals surface area contributed by atoms with Gasteiger partial charge in [-0.15, -0.1) is 0 Å². The van der Waals surface area contributed by atoms with Gasteiger partial charge in [0.05, 0.1) is 11.0 Å². The lowest BCUT2D eigenvalue weighted by atomic mass is 10.2. The van der Waals surface area contributed by atoms with Gasteiger partial charge in [0.15, 0.2) is 10.6 Å². The third kappa shape index (κ3) is 2.76. The van der Waals surface area contributed by atoms with Crippen molar-refractivity contribution >= 4 is 22.8 Å². The van der Waals surface area contributed by atoms with Crippen LogP contribution in [0, 0.1) is 6.92 Å². The normalized spacial score (nSPS) is 11.2. The molecule has 0 saturated carbocycles. The van der Waals surface area contributed by atoms with Crippen LogP contribution in [0.25, 0.3) is 16.7 Å². The Labute approximate surface area is 142 Å². The minimum atomic E-state index is 0.0605. The first-order valence-corrected chi connectivity index (χ1v) is 8.62. The highest BCUT2D eigenvalue weighted by molar-refractivity contribution is 7.98. The number of benzene rings is 1. The minimum absolute atomic E-state index is 0.0605. The molecule has 2 N–H and O–H groups in total. The van der Waals surface area contributed by atoms with Crippen LogP contribution in [-0.2, 0) is 5.75 Å². The maximum absolute atomic E-state index is 11.7. The zero-order chi connectivity index (χ0) is 16.5. The van der Waals surface area contributed by atoms with Gasteiger partial charge in [-0.05, 0) is 37.3 Å². The Morgan fingerprint density at radius 1 is 1.21 bits per heavy atom. The van der Waals surface area contributed by atoms with Crippen molar-refractivity contribution < 1.29 is 0 Å². The fraction of sp³-hybridized carbons (Fsp3) is 0.111. The highest BCUT2D eigenvalue weighted by Gasteiger charge is 2.07. The van der Waals surface area contributed by atoms with Crippen molar-refractivity contribution in [3.63, 3.8) is 0 Å². The van der Waals surface area contributed by atoms with Crippen molar-refractivity contribution in [2.75, 3.05) is 0 Å². The molecule has 0 spiro atoms. The number of aromatic nitrogens is 4. The van der Waals surface area contributed by atoms with E-state index in [0.717, 1.165) is 33.1 Å². The monoisotopic (exact) mass is 336 g/mol. The van der Waals surface area contributed by atoms with Crippen LogP contribution in [0.2, 0.25) is 0 Å². The van der Waals surface area contributed by atoms with Crippen LogP contribution in [0.5, 0.6) is 0 Å². The lowest BCUT2D eigenvalue weighted by molar-refractivity contribution is 1.06. The number of nitrogens with one attached hydrogen (secondary N) is 2. The van der Waals surface area contributed by atoms with E-state index >= 15 is 0 Å². The van der Waals surface area contributed by atoms with Crippen molar-refractivity contribution in [1.29, 1.82) is 0 Å². The molecule has 4 rings (SSSR count). The van der Waals surface area contributed by atoms with Crippen LogP contribution in [0.1, 0.15) is 11.3 Å². The average molecular weight is 336 g/mol. The molecule has 3 aromatic heterocycles. The van der Waals surface area contributed by atoms with Crippen molar-refractivity contribution in [2.24, 2.45) is 0 Å². The summed E-state index contributed by atoms with van der Waals surface area (Å²) in [5, 5.41) is 0.846. The Morgan fingerprint density at radius 2 is 2.04 bits per heavy atom. The predicted octanol–water partition coefficient (Wildman–Crippen LogP) is 3.64. The van der Waals surface area contributed by atoms with E-state index in [1.54, 1.807) is 24.0 Å². The first kappa shape index (κ1) is 14.8. The lowest BCUT2D eigenvalue weighted by Gasteiger charge is -2.02. The van der Waals surface area contributed by atoms with Crippen LogP contribution in [-0.4, -0.2) is 19.5 Å². The van der Waals surface area contributed by atoms with Crippen LogP contribution in [0.15, 0.2) is 64.9 Å². The molecule has 3 heterocycles. The third-order valence-electron chi connectivity index (χ3n) is 4.01. The second kappa shape index (κ2) is 6.05. The van der Waals surface area contributed by atoms with Crippen molar-refractivity contribution in [2.45, 2.75) is 17.8 Å². The molecule has 0 fully saturated rings. The number of nitrogens with zero attached hydrogens (tertiary/aromatic N) is 2. The summed E-state index contributed by atoms with van der Waals surface area (Å²) in [4.78, 5) is 22.8. The standard InChI is InChI=1S/C18H16N4OS/c1-12-16(19-7-6-17(12)23)11-24-18-20-14-5-4-13(10-15(14)21-18)22-8-2-3-9-22/h2-10H,11H2,1H3,(H,19,23)(H,20,21). The molecule has 0 unspecified atom stereocenters. The smallest absolute Gasteiger partial charge is 0.184 e. The summed E-state index contributed by atoms with van der Waals surface area (Å²) >= 11 is 1.58. The maximum Gasteiger partial charge on any atom is 0.184 e. The van der Waals surface area contributed by atoms with Gasteiger partial charge >= 0.3 is 0 Å². The lowest BCUT2D eigenvalue weighted by Crippen LogP contribution is -2.07. The van der Waals surface area contributed by atoms with Crippen molar-refractivity contribution in [3.05, 3.63) is 76.5 Å². The second-order valence-corrected chi connectivity index (χ2v) is 6.53. The number of hydrogen-bond donors (Lipinski definition) is 2. The van der Waals surface area contributed by atoms with E-state index in [0.29, 0.717) is 5.75 Å². The number of aromatic amines is 2. The molecule has 0 radical (unpaired) electrons. The summed E-state index contributed by atoms with van der Waals surface area (Å²) in [6.45, 7) is 1.84. The van der Waals surface area contributed by atoms with E-state index in [1.807, 2.05) is 37.5 Å². The molecule has 4 aromatic rings.